The SMILES string of the molecule is Cn1nnc(NC(=O)c2ccncc2C(=O)O)n1. The fraction of sp³-hybridized carbons (Fsp3) is 0.111. The minimum absolute atomic E-state index is 0.00403. The third-order valence-corrected chi connectivity index (χ3v) is 2.03. The molecule has 0 aliphatic carbocycles. The Balaban J connectivity index is 2.26. The number of aromatic nitrogens is 5. The van der Waals surface area contributed by atoms with E-state index >= 15 is 0 Å². The first-order valence-electron chi connectivity index (χ1n) is 4.80. The maximum Gasteiger partial charge on any atom is 0.338 e. The number of carboxylic acids is 1. The zero-order valence-electron chi connectivity index (χ0n) is 9.23. The number of pyridine rings is 1. The number of aromatic carboxylic acids is 1. The highest BCUT2D eigenvalue weighted by Gasteiger charge is 2.17. The predicted octanol–water partition coefficient (Wildman–Crippen LogP) is -0.444. The third kappa shape index (κ3) is 2.29. The van der Waals surface area contributed by atoms with Gasteiger partial charge in [-0.05, 0) is 11.3 Å². The molecule has 0 spiro atoms. The maximum atomic E-state index is 11.8. The van der Waals surface area contributed by atoms with Gasteiger partial charge in [-0.1, -0.05) is 5.10 Å². The summed E-state index contributed by atoms with van der Waals surface area (Å²) < 4.78 is 0. The number of tetrazole rings is 1. The van der Waals surface area contributed by atoms with Crippen LogP contribution in [0.15, 0.2) is 18.5 Å². The van der Waals surface area contributed by atoms with Crippen LogP contribution in [0.5, 0.6) is 0 Å². The van der Waals surface area contributed by atoms with Gasteiger partial charge in [0.25, 0.3) is 11.9 Å². The molecule has 0 bridgehead atoms. The van der Waals surface area contributed by atoms with E-state index in [1.165, 1.54) is 24.1 Å². The predicted molar refractivity (Wildman–Crippen MR) is 57.9 cm³/mol. The number of amides is 1. The Morgan fingerprint density at radius 3 is 2.78 bits per heavy atom. The van der Waals surface area contributed by atoms with Gasteiger partial charge in [0.15, 0.2) is 0 Å². The summed E-state index contributed by atoms with van der Waals surface area (Å²) in [6.07, 6.45) is 2.42. The molecule has 0 radical (unpaired) electrons. The van der Waals surface area contributed by atoms with Crippen LogP contribution in [-0.2, 0) is 7.05 Å². The molecule has 0 saturated heterocycles. The van der Waals surface area contributed by atoms with Crippen LogP contribution in [0.25, 0.3) is 0 Å². The number of carbonyl (C=O) groups excluding carboxylic acids is 1. The second-order valence-electron chi connectivity index (χ2n) is 3.28. The molecule has 92 valence electrons. The normalized spacial score (nSPS) is 10.1. The van der Waals surface area contributed by atoms with E-state index in [-0.39, 0.29) is 17.1 Å². The first-order valence-corrected chi connectivity index (χ1v) is 4.80. The number of carbonyl (C=O) groups is 2. The number of nitrogens with one attached hydrogen (secondary N) is 1. The van der Waals surface area contributed by atoms with Crippen LogP contribution in [0.4, 0.5) is 5.95 Å². The molecular weight excluding hydrogens is 240 g/mol. The number of nitrogens with zero attached hydrogens (tertiary/aromatic N) is 5. The molecule has 0 saturated carbocycles. The molecule has 0 aliphatic heterocycles. The van der Waals surface area contributed by atoms with Crippen molar-refractivity contribution in [1.29, 1.82) is 0 Å². The van der Waals surface area contributed by atoms with Crippen molar-refractivity contribution in [3.63, 3.8) is 0 Å². The number of hydrogen-bond acceptors (Lipinski definition) is 6. The van der Waals surface area contributed by atoms with Crippen LogP contribution in [0, 0.1) is 0 Å². The third-order valence-electron chi connectivity index (χ3n) is 2.03. The van der Waals surface area contributed by atoms with Crippen molar-refractivity contribution in [2.24, 2.45) is 7.05 Å². The average Bonchev–Trinajstić information content (AvgIpc) is 2.74. The number of hydrogen-bond donors (Lipinski definition) is 2. The van der Waals surface area contributed by atoms with Crippen molar-refractivity contribution in [1.82, 2.24) is 25.2 Å². The standard InChI is InChI=1S/C9H8N6O3/c1-15-13-9(12-14-15)11-7(16)5-2-3-10-4-6(5)8(17)18/h2-4H,1H3,(H,17,18)(H,11,13,16). The molecule has 1 amide bonds. The van der Waals surface area contributed by atoms with Crippen molar-refractivity contribution in [3.05, 3.63) is 29.6 Å². The lowest BCUT2D eigenvalue weighted by Crippen LogP contribution is -2.17. The van der Waals surface area contributed by atoms with E-state index < -0.39 is 11.9 Å². The molecule has 2 rings (SSSR count). The molecule has 2 N–H and O–H groups in total. The summed E-state index contributed by atoms with van der Waals surface area (Å²) in [5.74, 6) is -1.88. The molecule has 0 aromatic carbocycles. The molecule has 0 atom stereocenters. The van der Waals surface area contributed by atoms with Gasteiger partial charge in [0.1, 0.15) is 0 Å². The van der Waals surface area contributed by atoms with Crippen molar-refractivity contribution >= 4 is 17.8 Å². The molecule has 0 aliphatic rings. The van der Waals surface area contributed by atoms with Crippen molar-refractivity contribution in [2.75, 3.05) is 5.32 Å². The van der Waals surface area contributed by atoms with Crippen LogP contribution >= 0.6 is 0 Å². The highest BCUT2D eigenvalue weighted by molar-refractivity contribution is 6.09. The van der Waals surface area contributed by atoms with E-state index in [0.717, 1.165) is 6.20 Å². The van der Waals surface area contributed by atoms with Gasteiger partial charge < -0.3 is 5.11 Å². The lowest BCUT2D eigenvalue weighted by molar-refractivity contribution is 0.0692. The Morgan fingerprint density at radius 1 is 1.39 bits per heavy atom. The Morgan fingerprint density at radius 2 is 2.17 bits per heavy atom. The summed E-state index contributed by atoms with van der Waals surface area (Å²) in [4.78, 5) is 27.6. The number of rotatable bonds is 3. The zero-order chi connectivity index (χ0) is 13.1. The van der Waals surface area contributed by atoms with Crippen LogP contribution in [0.1, 0.15) is 20.7 Å². The van der Waals surface area contributed by atoms with E-state index in [0.29, 0.717) is 0 Å². The quantitative estimate of drug-likeness (QED) is 0.754. The fourth-order valence-electron chi connectivity index (χ4n) is 1.27. The van der Waals surface area contributed by atoms with E-state index in [1.807, 2.05) is 0 Å². The summed E-state index contributed by atoms with van der Waals surface area (Å²) in [5.41, 5.74) is -0.219. The van der Waals surface area contributed by atoms with E-state index in [2.05, 4.69) is 25.7 Å². The van der Waals surface area contributed by atoms with Gasteiger partial charge in [-0.3, -0.25) is 15.1 Å². The molecule has 18 heavy (non-hydrogen) atoms. The minimum atomic E-state index is -1.24. The minimum Gasteiger partial charge on any atom is -0.478 e. The fourth-order valence-corrected chi connectivity index (χ4v) is 1.27. The van der Waals surface area contributed by atoms with Gasteiger partial charge in [0.2, 0.25) is 0 Å². The summed E-state index contributed by atoms with van der Waals surface area (Å²) >= 11 is 0. The monoisotopic (exact) mass is 248 g/mol. The molecule has 9 heteroatoms. The summed E-state index contributed by atoms with van der Waals surface area (Å²) in [5, 5.41) is 22.1. The van der Waals surface area contributed by atoms with E-state index in [4.69, 9.17) is 5.11 Å². The molecule has 2 aromatic rings. The smallest absolute Gasteiger partial charge is 0.338 e. The Kier molecular flexibility index (Phi) is 2.96. The Labute approximate surface area is 100 Å². The summed E-state index contributed by atoms with van der Waals surface area (Å²) in [7, 11) is 1.54. The van der Waals surface area contributed by atoms with Crippen LogP contribution in [0.2, 0.25) is 0 Å². The van der Waals surface area contributed by atoms with E-state index in [9.17, 15) is 9.59 Å². The molecule has 2 aromatic heterocycles. The number of aryl methyl sites for hydroxylation is 1. The van der Waals surface area contributed by atoms with Gasteiger partial charge in [-0.2, -0.15) is 4.80 Å². The Hall–Kier alpha value is -2.84. The largest absolute Gasteiger partial charge is 0.478 e. The summed E-state index contributed by atoms with van der Waals surface area (Å²) in [6, 6.07) is 1.30. The maximum absolute atomic E-state index is 11.8. The van der Waals surface area contributed by atoms with Crippen LogP contribution in [-0.4, -0.2) is 42.2 Å². The van der Waals surface area contributed by atoms with Crippen molar-refractivity contribution < 1.29 is 14.7 Å². The van der Waals surface area contributed by atoms with E-state index in [1.54, 1.807) is 0 Å². The average molecular weight is 248 g/mol. The van der Waals surface area contributed by atoms with Crippen LogP contribution < -0.4 is 5.32 Å². The van der Waals surface area contributed by atoms with Crippen LogP contribution in [0.3, 0.4) is 0 Å². The van der Waals surface area contributed by atoms with Gasteiger partial charge in [0.05, 0.1) is 18.2 Å². The zero-order valence-corrected chi connectivity index (χ0v) is 9.23. The lowest BCUT2D eigenvalue weighted by Gasteiger charge is -2.03. The highest BCUT2D eigenvalue weighted by Crippen LogP contribution is 2.08. The van der Waals surface area contributed by atoms with Gasteiger partial charge in [0, 0.05) is 12.4 Å². The Bertz CT molecular complexity index is 608. The summed E-state index contributed by atoms with van der Waals surface area (Å²) in [6.45, 7) is 0. The molecule has 2 heterocycles. The molecule has 0 unspecified atom stereocenters. The first-order chi connectivity index (χ1) is 8.58. The lowest BCUT2D eigenvalue weighted by atomic mass is 10.1. The molecule has 0 fully saturated rings. The van der Waals surface area contributed by atoms with Gasteiger partial charge >= 0.3 is 5.97 Å². The second-order valence-corrected chi connectivity index (χ2v) is 3.28. The second kappa shape index (κ2) is 4.57. The van der Waals surface area contributed by atoms with Crippen molar-refractivity contribution in [2.45, 2.75) is 0 Å². The molecule has 9 nitrogen and oxygen atoms in total. The number of carboxylic acid groups (broad SMARTS) is 1. The van der Waals surface area contributed by atoms with Crippen molar-refractivity contribution in [3.8, 4) is 0 Å². The highest BCUT2D eigenvalue weighted by atomic mass is 16.4. The number of anilines is 1. The van der Waals surface area contributed by atoms with Gasteiger partial charge in [-0.15, -0.1) is 5.10 Å². The molecular formula is C9H8N6O3. The first kappa shape index (κ1) is 11.6. The topological polar surface area (TPSA) is 123 Å². The van der Waals surface area contributed by atoms with Gasteiger partial charge in [-0.25, -0.2) is 4.79 Å².